The van der Waals surface area contributed by atoms with Gasteiger partial charge in [0.05, 0.1) is 23.1 Å². The van der Waals surface area contributed by atoms with Gasteiger partial charge in [-0.05, 0) is 36.6 Å². The van der Waals surface area contributed by atoms with Gasteiger partial charge in [0, 0.05) is 42.5 Å². The number of Topliss-reactive ketones (excluding diaryl/α,β-unsaturated/α-hetero) is 1. The highest BCUT2D eigenvalue weighted by atomic mass is 16.2. The Morgan fingerprint density at radius 2 is 1.97 bits per heavy atom. The molecule has 3 N–H and O–H groups in total. The van der Waals surface area contributed by atoms with E-state index in [2.05, 4.69) is 21.5 Å². The molecule has 29 heavy (non-hydrogen) atoms. The van der Waals surface area contributed by atoms with E-state index in [1.54, 1.807) is 36.8 Å². The summed E-state index contributed by atoms with van der Waals surface area (Å²) in [6.45, 7) is 0. The summed E-state index contributed by atoms with van der Waals surface area (Å²) in [5.41, 5.74) is 11.4. The van der Waals surface area contributed by atoms with Crippen molar-refractivity contribution in [1.29, 1.82) is 5.26 Å². The van der Waals surface area contributed by atoms with E-state index in [9.17, 15) is 14.9 Å². The third-order valence-corrected chi connectivity index (χ3v) is 5.07. The molecule has 1 atom stereocenters. The number of carbonyl (C=O) groups is 2. The van der Waals surface area contributed by atoms with E-state index in [0.29, 0.717) is 41.7 Å². The molecular weight excluding hydrogens is 368 g/mol. The van der Waals surface area contributed by atoms with Crippen LogP contribution in [0, 0.1) is 11.3 Å². The molecule has 1 aliphatic carbocycles. The standard InChI is InChI=1S/C21H18N6O2/c22-10-15-18(13-4-2-8-24-11-13)19-16(6-1-7-17(19)28)27(20(15)23)26-21(29)14-5-3-9-25-12-14/h2-5,8-9,11-12,18H,1,6-7,23H2,(H,26,29). The molecule has 8 heteroatoms. The number of amides is 1. The van der Waals surface area contributed by atoms with Crippen molar-refractivity contribution in [2.45, 2.75) is 25.2 Å². The van der Waals surface area contributed by atoms with Crippen molar-refractivity contribution in [3.8, 4) is 6.07 Å². The fourth-order valence-corrected chi connectivity index (χ4v) is 3.76. The lowest BCUT2D eigenvalue weighted by molar-refractivity contribution is -0.116. The average Bonchev–Trinajstić information content (AvgIpc) is 2.76. The molecule has 0 spiro atoms. The summed E-state index contributed by atoms with van der Waals surface area (Å²) in [6.07, 6.45) is 7.85. The van der Waals surface area contributed by atoms with Gasteiger partial charge in [0.15, 0.2) is 5.78 Å². The monoisotopic (exact) mass is 386 g/mol. The summed E-state index contributed by atoms with van der Waals surface area (Å²) in [5.74, 6) is -0.973. The van der Waals surface area contributed by atoms with Gasteiger partial charge in [-0.1, -0.05) is 6.07 Å². The van der Waals surface area contributed by atoms with E-state index < -0.39 is 11.8 Å². The fourth-order valence-electron chi connectivity index (χ4n) is 3.76. The summed E-state index contributed by atoms with van der Waals surface area (Å²) in [5, 5.41) is 11.2. The zero-order valence-electron chi connectivity index (χ0n) is 15.5. The second kappa shape index (κ2) is 7.56. The lowest BCUT2D eigenvalue weighted by atomic mass is 9.76. The number of aromatic nitrogens is 2. The zero-order valence-corrected chi connectivity index (χ0v) is 15.5. The van der Waals surface area contributed by atoms with Gasteiger partial charge in [-0.2, -0.15) is 5.26 Å². The van der Waals surface area contributed by atoms with Crippen LogP contribution in [0.1, 0.15) is 41.1 Å². The summed E-state index contributed by atoms with van der Waals surface area (Å²) in [6, 6.07) is 8.98. The van der Waals surface area contributed by atoms with Gasteiger partial charge < -0.3 is 5.73 Å². The van der Waals surface area contributed by atoms with Crippen LogP contribution < -0.4 is 11.2 Å². The first kappa shape index (κ1) is 18.4. The number of nitrogens with one attached hydrogen (secondary N) is 1. The van der Waals surface area contributed by atoms with Crippen molar-refractivity contribution in [2.75, 3.05) is 0 Å². The Morgan fingerprint density at radius 1 is 1.21 bits per heavy atom. The molecule has 2 aromatic heterocycles. The van der Waals surface area contributed by atoms with E-state index in [-0.39, 0.29) is 17.2 Å². The Morgan fingerprint density at radius 3 is 2.62 bits per heavy atom. The lowest BCUT2D eigenvalue weighted by Crippen LogP contribution is -2.48. The van der Waals surface area contributed by atoms with E-state index >= 15 is 0 Å². The minimum atomic E-state index is -0.594. The van der Waals surface area contributed by atoms with Crippen LogP contribution in [0.3, 0.4) is 0 Å². The quantitative estimate of drug-likeness (QED) is 0.825. The first-order chi connectivity index (χ1) is 14.1. The number of nitrogens with two attached hydrogens (primary N) is 1. The number of hydrogen-bond donors (Lipinski definition) is 2. The largest absolute Gasteiger partial charge is 0.383 e. The van der Waals surface area contributed by atoms with Gasteiger partial charge in [0.25, 0.3) is 5.91 Å². The normalized spacial score (nSPS) is 18.9. The molecular formula is C21H18N6O2. The molecule has 2 aliphatic rings. The van der Waals surface area contributed by atoms with E-state index in [0.717, 1.165) is 0 Å². The number of hydrazine groups is 1. The summed E-state index contributed by atoms with van der Waals surface area (Å²) in [7, 11) is 0. The highest BCUT2D eigenvalue weighted by Gasteiger charge is 2.40. The van der Waals surface area contributed by atoms with Crippen LogP contribution in [0.2, 0.25) is 0 Å². The van der Waals surface area contributed by atoms with Crippen molar-refractivity contribution in [2.24, 2.45) is 5.73 Å². The van der Waals surface area contributed by atoms with Crippen LogP contribution in [-0.4, -0.2) is 26.7 Å². The minimum Gasteiger partial charge on any atom is -0.383 e. The van der Waals surface area contributed by atoms with Gasteiger partial charge >= 0.3 is 0 Å². The Balaban J connectivity index is 1.81. The Labute approximate surface area is 167 Å². The van der Waals surface area contributed by atoms with Crippen molar-refractivity contribution in [3.05, 3.63) is 82.8 Å². The van der Waals surface area contributed by atoms with Gasteiger partial charge in [-0.25, -0.2) is 5.01 Å². The summed E-state index contributed by atoms with van der Waals surface area (Å²) < 4.78 is 0. The predicted octanol–water partition coefficient (Wildman–Crippen LogP) is 1.92. The number of allylic oxidation sites excluding steroid dienone is 3. The molecule has 3 heterocycles. The van der Waals surface area contributed by atoms with Crippen LogP contribution in [-0.2, 0) is 4.79 Å². The zero-order chi connectivity index (χ0) is 20.4. The van der Waals surface area contributed by atoms with E-state index in [1.165, 1.54) is 11.2 Å². The van der Waals surface area contributed by atoms with Crippen LogP contribution in [0.5, 0.6) is 0 Å². The number of nitriles is 1. The molecule has 1 amide bonds. The molecule has 0 bridgehead atoms. The number of carbonyl (C=O) groups excluding carboxylic acids is 2. The van der Waals surface area contributed by atoms with Crippen LogP contribution in [0.15, 0.2) is 71.7 Å². The molecule has 0 saturated heterocycles. The molecule has 1 unspecified atom stereocenters. The third kappa shape index (κ3) is 3.23. The van der Waals surface area contributed by atoms with Gasteiger partial charge in [-0.15, -0.1) is 0 Å². The molecule has 0 fully saturated rings. The summed E-state index contributed by atoms with van der Waals surface area (Å²) >= 11 is 0. The van der Waals surface area contributed by atoms with Crippen molar-refractivity contribution < 1.29 is 9.59 Å². The number of nitrogens with zero attached hydrogens (tertiary/aromatic N) is 4. The molecule has 0 aromatic carbocycles. The average molecular weight is 386 g/mol. The van der Waals surface area contributed by atoms with E-state index in [1.807, 2.05) is 6.07 Å². The Bertz CT molecular complexity index is 1070. The number of hydrogen-bond acceptors (Lipinski definition) is 7. The van der Waals surface area contributed by atoms with Crippen molar-refractivity contribution in [1.82, 2.24) is 20.4 Å². The first-order valence-electron chi connectivity index (χ1n) is 9.19. The molecule has 8 nitrogen and oxygen atoms in total. The van der Waals surface area contributed by atoms with Crippen molar-refractivity contribution in [3.63, 3.8) is 0 Å². The number of pyridine rings is 2. The van der Waals surface area contributed by atoms with Gasteiger partial charge in [0.2, 0.25) is 0 Å². The lowest BCUT2D eigenvalue weighted by Gasteiger charge is -2.39. The van der Waals surface area contributed by atoms with Gasteiger partial charge in [-0.3, -0.25) is 25.0 Å². The predicted molar refractivity (Wildman–Crippen MR) is 103 cm³/mol. The minimum absolute atomic E-state index is 0.0546. The van der Waals surface area contributed by atoms with Crippen molar-refractivity contribution >= 4 is 11.7 Å². The molecule has 1 aliphatic heterocycles. The molecule has 144 valence electrons. The smallest absolute Gasteiger partial charge is 0.271 e. The fraction of sp³-hybridized carbons (Fsp3) is 0.190. The Hall–Kier alpha value is -3.99. The van der Waals surface area contributed by atoms with E-state index in [4.69, 9.17) is 5.73 Å². The van der Waals surface area contributed by atoms with Gasteiger partial charge in [0.1, 0.15) is 5.82 Å². The summed E-state index contributed by atoms with van der Waals surface area (Å²) in [4.78, 5) is 33.6. The topological polar surface area (TPSA) is 125 Å². The van der Waals surface area contributed by atoms with Crippen LogP contribution in [0.25, 0.3) is 0 Å². The number of ketones is 1. The highest BCUT2D eigenvalue weighted by molar-refractivity contribution is 6.00. The molecule has 0 saturated carbocycles. The second-order valence-corrected chi connectivity index (χ2v) is 6.79. The van der Waals surface area contributed by atoms with Crippen LogP contribution >= 0.6 is 0 Å². The highest BCUT2D eigenvalue weighted by Crippen LogP contribution is 2.43. The SMILES string of the molecule is N#CC1=C(N)N(NC(=O)c2cccnc2)C2=C(C(=O)CCC2)C1c1cccnc1. The third-order valence-electron chi connectivity index (χ3n) is 5.07. The second-order valence-electron chi connectivity index (χ2n) is 6.79. The molecule has 2 aromatic rings. The Kier molecular flexibility index (Phi) is 4.79. The first-order valence-corrected chi connectivity index (χ1v) is 9.19. The maximum Gasteiger partial charge on any atom is 0.271 e. The van der Waals surface area contributed by atoms with Crippen LogP contribution in [0.4, 0.5) is 0 Å². The molecule has 4 rings (SSSR count). The maximum atomic E-state index is 12.9. The number of rotatable bonds is 3. The molecule has 0 radical (unpaired) electrons. The maximum absolute atomic E-state index is 12.9.